The largest absolute Gasteiger partial charge is 0.493 e. The summed E-state index contributed by atoms with van der Waals surface area (Å²) in [4.78, 5) is 0. The van der Waals surface area contributed by atoms with Crippen LogP contribution in [0.3, 0.4) is 0 Å². The maximum Gasteiger partial charge on any atom is 0.122 e. The fourth-order valence-electron chi connectivity index (χ4n) is 2.20. The van der Waals surface area contributed by atoms with E-state index in [1.807, 2.05) is 19.1 Å². The van der Waals surface area contributed by atoms with Gasteiger partial charge >= 0.3 is 0 Å². The molecule has 0 saturated carbocycles. The second-order valence-electron chi connectivity index (χ2n) is 4.47. The van der Waals surface area contributed by atoms with Crippen LogP contribution in [0.15, 0.2) is 24.3 Å². The Morgan fingerprint density at radius 3 is 3.12 bits per heavy atom. The molecular formula is C14H21NO2. The van der Waals surface area contributed by atoms with Crippen LogP contribution >= 0.6 is 0 Å². The zero-order valence-corrected chi connectivity index (χ0v) is 10.6. The molecule has 2 rings (SSSR count). The molecule has 0 saturated heterocycles. The van der Waals surface area contributed by atoms with Crippen LogP contribution in [0.2, 0.25) is 0 Å². The molecule has 2 atom stereocenters. The van der Waals surface area contributed by atoms with E-state index in [0.717, 1.165) is 32.1 Å². The average Bonchev–Trinajstić information content (AvgIpc) is 2.73. The van der Waals surface area contributed by atoms with Gasteiger partial charge in [-0.3, -0.25) is 0 Å². The molecule has 0 amide bonds. The Kier molecular flexibility index (Phi) is 4.40. The molecule has 2 unspecified atom stereocenters. The van der Waals surface area contributed by atoms with Crippen molar-refractivity contribution in [3.05, 3.63) is 29.8 Å². The zero-order chi connectivity index (χ0) is 12.1. The van der Waals surface area contributed by atoms with E-state index < -0.39 is 0 Å². The first kappa shape index (κ1) is 12.4. The van der Waals surface area contributed by atoms with E-state index in [2.05, 4.69) is 24.4 Å². The summed E-state index contributed by atoms with van der Waals surface area (Å²) in [5, 5.41) is 3.45. The lowest BCUT2D eigenvalue weighted by Gasteiger charge is -2.15. The van der Waals surface area contributed by atoms with Gasteiger partial charge in [0.25, 0.3) is 0 Å². The standard InChI is InChI=1S/C14H21NO2/c1-3-16-11(2)8-15-9-12-10-17-14-7-5-4-6-13(12)14/h4-7,11-12,15H,3,8-10H2,1-2H3. The maximum atomic E-state index is 5.64. The molecule has 94 valence electrons. The van der Waals surface area contributed by atoms with Gasteiger partial charge in [0.05, 0.1) is 12.7 Å². The Balaban J connectivity index is 1.78. The Hall–Kier alpha value is -1.06. The molecule has 1 aromatic rings. The highest BCUT2D eigenvalue weighted by Gasteiger charge is 2.22. The summed E-state index contributed by atoms with van der Waals surface area (Å²) >= 11 is 0. The first-order valence-corrected chi connectivity index (χ1v) is 6.35. The summed E-state index contributed by atoms with van der Waals surface area (Å²) in [6, 6.07) is 8.29. The van der Waals surface area contributed by atoms with Crippen molar-refractivity contribution in [2.75, 3.05) is 26.3 Å². The number of fused-ring (bicyclic) bond motifs is 1. The van der Waals surface area contributed by atoms with Gasteiger partial charge in [0, 0.05) is 31.2 Å². The van der Waals surface area contributed by atoms with Crippen LogP contribution in [-0.2, 0) is 4.74 Å². The number of hydrogen-bond donors (Lipinski definition) is 1. The number of benzene rings is 1. The summed E-state index contributed by atoms with van der Waals surface area (Å²) in [5.74, 6) is 1.51. The minimum Gasteiger partial charge on any atom is -0.493 e. The predicted octanol–water partition coefficient (Wildman–Crippen LogP) is 2.18. The van der Waals surface area contributed by atoms with Gasteiger partial charge in [-0.25, -0.2) is 0 Å². The average molecular weight is 235 g/mol. The quantitative estimate of drug-likeness (QED) is 0.819. The van der Waals surface area contributed by atoms with Gasteiger partial charge < -0.3 is 14.8 Å². The van der Waals surface area contributed by atoms with Crippen LogP contribution in [0.4, 0.5) is 0 Å². The van der Waals surface area contributed by atoms with Gasteiger partial charge in [0.15, 0.2) is 0 Å². The fourth-order valence-corrected chi connectivity index (χ4v) is 2.20. The maximum absolute atomic E-state index is 5.64. The van der Waals surface area contributed by atoms with Crippen molar-refractivity contribution < 1.29 is 9.47 Å². The fraction of sp³-hybridized carbons (Fsp3) is 0.571. The third-order valence-electron chi connectivity index (χ3n) is 3.07. The van der Waals surface area contributed by atoms with Crippen LogP contribution in [0.1, 0.15) is 25.3 Å². The Bertz CT molecular complexity index is 354. The molecule has 3 heteroatoms. The van der Waals surface area contributed by atoms with Crippen molar-refractivity contribution in [1.29, 1.82) is 0 Å². The lowest BCUT2D eigenvalue weighted by molar-refractivity contribution is 0.0758. The number of hydrogen-bond acceptors (Lipinski definition) is 3. The van der Waals surface area contributed by atoms with E-state index in [9.17, 15) is 0 Å². The first-order valence-electron chi connectivity index (χ1n) is 6.35. The van der Waals surface area contributed by atoms with Gasteiger partial charge in [-0.2, -0.15) is 0 Å². The highest BCUT2D eigenvalue weighted by molar-refractivity contribution is 5.39. The van der Waals surface area contributed by atoms with Gasteiger partial charge in [0.1, 0.15) is 5.75 Å². The molecule has 0 radical (unpaired) electrons. The normalized spacial score (nSPS) is 19.8. The van der Waals surface area contributed by atoms with E-state index in [1.165, 1.54) is 5.56 Å². The summed E-state index contributed by atoms with van der Waals surface area (Å²) in [7, 11) is 0. The molecule has 0 aliphatic carbocycles. The molecule has 1 aliphatic heterocycles. The van der Waals surface area contributed by atoms with Gasteiger partial charge in [0.2, 0.25) is 0 Å². The van der Waals surface area contributed by atoms with Crippen LogP contribution in [-0.4, -0.2) is 32.4 Å². The molecule has 17 heavy (non-hydrogen) atoms. The molecule has 1 heterocycles. The molecule has 1 N–H and O–H groups in total. The monoisotopic (exact) mass is 235 g/mol. The minimum atomic E-state index is 0.276. The molecule has 3 nitrogen and oxygen atoms in total. The summed E-state index contributed by atoms with van der Waals surface area (Å²) in [6.45, 7) is 7.53. The molecule has 1 aliphatic rings. The molecule has 1 aromatic carbocycles. The topological polar surface area (TPSA) is 30.5 Å². The molecule has 0 bridgehead atoms. The number of rotatable bonds is 6. The third kappa shape index (κ3) is 3.20. The van der Waals surface area contributed by atoms with E-state index in [4.69, 9.17) is 9.47 Å². The lowest BCUT2D eigenvalue weighted by Crippen LogP contribution is -2.30. The summed E-state index contributed by atoms with van der Waals surface area (Å²) in [6.07, 6.45) is 0.276. The van der Waals surface area contributed by atoms with Crippen LogP contribution in [0.5, 0.6) is 5.75 Å². The van der Waals surface area contributed by atoms with Crippen molar-refractivity contribution in [3.63, 3.8) is 0 Å². The lowest BCUT2D eigenvalue weighted by atomic mass is 10.0. The Morgan fingerprint density at radius 2 is 2.29 bits per heavy atom. The van der Waals surface area contributed by atoms with Gasteiger partial charge in [-0.05, 0) is 19.9 Å². The summed E-state index contributed by atoms with van der Waals surface area (Å²) < 4.78 is 11.1. The van der Waals surface area contributed by atoms with Crippen molar-refractivity contribution in [2.24, 2.45) is 0 Å². The molecule has 0 aromatic heterocycles. The van der Waals surface area contributed by atoms with Gasteiger partial charge in [-0.15, -0.1) is 0 Å². The molecule has 0 fully saturated rings. The van der Waals surface area contributed by atoms with Crippen molar-refractivity contribution in [3.8, 4) is 5.75 Å². The van der Waals surface area contributed by atoms with Crippen molar-refractivity contribution in [2.45, 2.75) is 25.9 Å². The van der Waals surface area contributed by atoms with Crippen molar-refractivity contribution in [1.82, 2.24) is 5.32 Å². The predicted molar refractivity (Wildman–Crippen MR) is 68.6 cm³/mol. The second kappa shape index (κ2) is 6.03. The first-order chi connectivity index (χ1) is 8.31. The summed E-state index contributed by atoms with van der Waals surface area (Å²) in [5.41, 5.74) is 1.32. The number of para-hydroxylation sites is 1. The second-order valence-corrected chi connectivity index (χ2v) is 4.47. The third-order valence-corrected chi connectivity index (χ3v) is 3.07. The van der Waals surface area contributed by atoms with E-state index in [0.29, 0.717) is 5.92 Å². The van der Waals surface area contributed by atoms with Gasteiger partial charge in [-0.1, -0.05) is 18.2 Å². The van der Waals surface area contributed by atoms with E-state index in [-0.39, 0.29) is 6.10 Å². The van der Waals surface area contributed by atoms with Crippen LogP contribution < -0.4 is 10.1 Å². The number of nitrogens with one attached hydrogen (secondary N) is 1. The Labute approximate surface area is 103 Å². The molecular weight excluding hydrogens is 214 g/mol. The van der Waals surface area contributed by atoms with E-state index >= 15 is 0 Å². The number of ether oxygens (including phenoxy) is 2. The smallest absolute Gasteiger partial charge is 0.122 e. The van der Waals surface area contributed by atoms with Crippen molar-refractivity contribution >= 4 is 0 Å². The molecule has 0 spiro atoms. The highest BCUT2D eigenvalue weighted by atomic mass is 16.5. The van der Waals surface area contributed by atoms with E-state index in [1.54, 1.807) is 0 Å². The van der Waals surface area contributed by atoms with Crippen LogP contribution in [0, 0.1) is 0 Å². The van der Waals surface area contributed by atoms with Crippen LogP contribution in [0.25, 0.3) is 0 Å². The zero-order valence-electron chi connectivity index (χ0n) is 10.6. The highest BCUT2D eigenvalue weighted by Crippen LogP contribution is 2.32. The minimum absolute atomic E-state index is 0.276. The SMILES string of the molecule is CCOC(C)CNCC1COc2ccccc21. The Morgan fingerprint density at radius 1 is 1.47 bits per heavy atom.